The van der Waals surface area contributed by atoms with Crippen LogP contribution in [0.5, 0.6) is 0 Å². The van der Waals surface area contributed by atoms with Crippen LogP contribution in [0.25, 0.3) is 22.6 Å². The van der Waals surface area contributed by atoms with Crippen molar-refractivity contribution in [2.75, 3.05) is 26.2 Å². The molecule has 4 N–H and O–H groups in total. The van der Waals surface area contributed by atoms with Gasteiger partial charge >= 0.3 is 0 Å². The van der Waals surface area contributed by atoms with E-state index in [4.69, 9.17) is 4.98 Å². The van der Waals surface area contributed by atoms with E-state index in [2.05, 4.69) is 74.1 Å². The zero-order chi connectivity index (χ0) is 19.6. The highest BCUT2D eigenvalue weighted by Crippen LogP contribution is 2.23. The van der Waals surface area contributed by atoms with E-state index in [-0.39, 0.29) is 30.3 Å². The van der Waals surface area contributed by atoms with E-state index in [1.165, 1.54) is 0 Å². The number of amidine groups is 2. The van der Waals surface area contributed by atoms with Crippen LogP contribution in [0, 0.1) is 6.92 Å². The number of rotatable bonds is 4. The molecule has 3 heterocycles. The highest BCUT2D eigenvalue weighted by molar-refractivity contribution is 6.00. The molecule has 0 atom stereocenters. The normalized spacial score (nSPS) is 14.0. The fourth-order valence-corrected chi connectivity index (χ4v) is 3.60. The zero-order valence-electron chi connectivity index (χ0n) is 17.6. The lowest BCUT2D eigenvalue weighted by atomic mass is 10.1. The molecule has 0 bridgehead atoms. The van der Waals surface area contributed by atoms with Gasteiger partial charge in [0.1, 0.15) is 11.7 Å². The molecule has 7 nitrogen and oxygen atoms in total. The van der Waals surface area contributed by atoms with Gasteiger partial charge in [-0.3, -0.25) is 9.98 Å². The Kier molecular flexibility index (Phi) is 8.72. The van der Waals surface area contributed by atoms with Crippen molar-refractivity contribution in [1.29, 1.82) is 0 Å². The quantitative estimate of drug-likeness (QED) is 0.608. The molecular weight excluding hydrogens is 447 g/mol. The first-order chi connectivity index (χ1) is 14.3. The summed E-state index contributed by atoms with van der Waals surface area (Å²) < 4.78 is 0. The Morgan fingerprint density at radius 3 is 1.59 bits per heavy atom. The van der Waals surface area contributed by atoms with Crippen LogP contribution < -0.4 is 10.6 Å². The molecule has 0 fully saturated rings. The molecule has 0 saturated carbocycles. The van der Waals surface area contributed by atoms with Crippen molar-refractivity contribution in [3.8, 4) is 22.6 Å². The van der Waals surface area contributed by atoms with Gasteiger partial charge in [0, 0.05) is 41.0 Å². The van der Waals surface area contributed by atoms with Crippen LogP contribution >= 0.6 is 24.8 Å². The molecule has 2 aliphatic heterocycles. The number of nitrogens with zero attached hydrogens (tertiary/aromatic N) is 4. The Bertz CT molecular complexity index is 1030. The van der Waals surface area contributed by atoms with Gasteiger partial charge in [0.05, 0.1) is 18.8 Å². The van der Waals surface area contributed by atoms with E-state index in [0.717, 1.165) is 77.3 Å². The summed E-state index contributed by atoms with van der Waals surface area (Å²) in [6, 6.07) is 18.7. The first kappa shape index (κ1) is 25.3. The van der Waals surface area contributed by atoms with Gasteiger partial charge in [-0.05, 0) is 13.0 Å². The molecule has 0 aliphatic carbocycles. The second-order valence-electron chi connectivity index (χ2n) is 7.19. The maximum atomic E-state index is 4.83. The number of aryl methyl sites for hydroxylation is 1. The third-order valence-electron chi connectivity index (χ3n) is 5.07. The Balaban J connectivity index is 0.00000121. The third-order valence-corrected chi connectivity index (χ3v) is 5.07. The molecule has 0 saturated heterocycles. The average molecular weight is 473 g/mol. The second kappa shape index (κ2) is 11.0. The van der Waals surface area contributed by atoms with Crippen LogP contribution in [-0.4, -0.2) is 53.3 Å². The van der Waals surface area contributed by atoms with E-state index in [0.29, 0.717) is 0 Å². The van der Waals surface area contributed by atoms with Crippen molar-refractivity contribution in [2.24, 2.45) is 9.98 Å². The molecular formula is C23H26Cl2N6O. The van der Waals surface area contributed by atoms with Crippen LogP contribution in [0.1, 0.15) is 16.8 Å². The summed E-state index contributed by atoms with van der Waals surface area (Å²) in [5.41, 5.74) is 6.14. The lowest BCUT2D eigenvalue weighted by Crippen LogP contribution is -2.19. The molecule has 0 amide bonds. The SMILES string of the molecule is Cc1cc(-c2ccc(C3=NCCN3)cc2)nc(-c2ccc(C3=NCCN3)cc2)n1.Cl.Cl.O. The minimum atomic E-state index is 0. The highest BCUT2D eigenvalue weighted by Gasteiger charge is 2.12. The number of hydrogen-bond acceptors (Lipinski definition) is 6. The topological polar surface area (TPSA) is 106 Å². The van der Waals surface area contributed by atoms with Crippen LogP contribution in [0.4, 0.5) is 0 Å². The minimum absolute atomic E-state index is 0. The van der Waals surface area contributed by atoms with Gasteiger partial charge in [-0.1, -0.05) is 48.5 Å². The minimum Gasteiger partial charge on any atom is -0.412 e. The van der Waals surface area contributed by atoms with Crippen molar-refractivity contribution < 1.29 is 5.48 Å². The first-order valence-corrected chi connectivity index (χ1v) is 9.90. The number of aromatic nitrogens is 2. The lowest BCUT2D eigenvalue weighted by Gasteiger charge is -2.09. The molecule has 2 aromatic carbocycles. The Hall–Kier alpha value is -3.00. The van der Waals surface area contributed by atoms with E-state index in [1.54, 1.807) is 0 Å². The molecule has 32 heavy (non-hydrogen) atoms. The number of aliphatic imine (C=N–C) groups is 2. The molecule has 0 radical (unpaired) electrons. The first-order valence-electron chi connectivity index (χ1n) is 9.90. The van der Waals surface area contributed by atoms with E-state index in [9.17, 15) is 0 Å². The Morgan fingerprint density at radius 1 is 0.656 bits per heavy atom. The van der Waals surface area contributed by atoms with Gasteiger partial charge < -0.3 is 16.1 Å². The van der Waals surface area contributed by atoms with Crippen molar-refractivity contribution in [1.82, 2.24) is 20.6 Å². The third kappa shape index (κ3) is 5.24. The summed E-state index contributed by atoms with van der Waals surface area (Å²) in [5, 5.41) is 6.61. The van der Waals surface area contributed by atoms with Crippen LogP contribution in [0.2, 0.25) is 0 Å². The second-order valence-corrected chi connectivity index (χ2v) is 7.19. The largest absolute Gasteiger partial charge is 0.412 e. The van der Waals surface area contributed by atoms with E-state index >= 15 is 0 Å². The summed E-state index contributed by atoms with van der Waals surface area (Å²) in [7, 11) is 0. The van der Waals surface area contributed by atoms with Crippen molar-refractivity contribution in [3.63, 3.8) is 0 Å². The molecule has 0 unspecified atom stereocenters. The maximum Gasteiger partial charge on any atom is 0.160 e. The van der Waals surface area contributed by atoms with Crippen LogP contribution in [-0.2, 0) is 0 Å². The molecule has 5 rings (SSSR count). The van der Waals surface area contributed by atoms with Gasteiger partial charge in [0.15, 0.2) is 5.82 Å². The maximum absolute atomic E-state index is 4.83. The fraction of sp³-hybridized carbons (Fsp3) is 0.217. The van der Waals surface area contributed by atoms with Crippen molar-refractivity contribution in [3.05, 3.63) is 71.4 Å². The highest BCUT2D eigenvalue weighted by atomic mass is 35.5. The number of nitrogens with one attached hydrogen (secondary N) is 2. The Morgan fingerprint density at radius 2 is 1.12 bits per heavy atom. The van der Waals surface area contributed by atoms with Crippen LogP contribution in [0.15, 0.2) is 64.6 Å². The Labute approximate surface area is 199 Å². The van der Waals surface area contributed by atoms with Crippen molar-refractivity contribution in [2.45, 2.75) is 6.92 Å². The number of benzene rings is 2. The van der Waals surface area contributed by atoms with Gasteiger partial charge in [0.2, 0.25) is 0 Å². The smallest absolute Gasteiger partial charge is 0.160 e. The molecule has 1 aromatic heterocycles. The number of hydrogen-bond donors (Lipinski definition) is 2. The van der Waals surface area contributed by atoms with Crippen LogP contribution in [0.3, 0.4) is 0 Å². The summed E-state index contributed by atoms with van der Waals surface area (Å²) in [5.74, 6) is 2.67. The van der Waals surface area contributed by atoms with Gasteiger partial charge in [-0.2, -0.15) is 0 Å². The monoisotopic (exact) mass is 472 g/mol. The molecule has 0 spiro atoms. The molecule has 168 valence electrons. The molecule has 2 aliphatic rings. The summed E-state index contributed by atoms with van der Waals surface area (Å²) in [6.45, 7) is 5.50. The van der Waals surface area contributed by atoms with Gasteiger partial charge in [0.25, 0.3) is 0 Å². The summed E-state index contributed by atoms with van der Waals surface area (Å²) in [4.78, 5) is 18.4. The zero-order valence-corrected chi connectivity index (χ0v) is 19.3. The number of halogens is 2. The van der Waals surface area contributed by atoms with Crippen molar-refractivity contribution >= 4 is 36.5 Å². The molecule has 3 aromatic rings. The summed E-state index contributed by atoms with van der Waals surface area (Å²) in [6.07, 6.45) is 0. The fourth-order valence-electron chi connectivity index (χ4n) is 3.60. The average Bonchev–Trinajstić information content (AvgIpc) is 3.48. The molecule has 9 heteroatoms. The predicted octanol–water partition coefficient (Wildman–Crippen LogP) is 2.84. The van der Waals surface area contributed by atoms with Gasteiger partial charge in [-0.25, -0.2) is 9.97 Å². The van der Waals surface area contributed by atoms with Gasteiger partial charge in [-0.15, -0.1) is 24.8 Å². The predicted molar refractivity (Wildman–Crippen MR) is 135 cm³/mol. The van der Waals surface area contributed by atoms with E-state index < -0.39 is 0 Å². The summed E-state index contributed by atoms with van der Waals surface area (Å²) >= 11 is 0. The van der Waals surface area contributed by atoms with E-state index in [1.807, 2.05) is 13.0 Å². The lowest BCUT2D eigenvalue weighted by molar-refractivity contribution is 0.824. The standard InChI is InChI=1S/C23H22N6.2ClH.H2O/c1-15-14-20(16-2-4-17(5-3-16)21-24-10-11-25-21)29-23(28-15)19-8-6-18(7-9-19)22-26-12-13-27-22;;;/h2-9,14H,10-13H2,1H3,(H,24,25)(H,26,27);2*1H;1H2.